The molecule has 0 fully saturated rings. The highest BCUT2D eigenvalue weighted by atomic mass is 35.5. The molecule has 8 heteroatoms. The number of carbonyl (C=O) groups is 1. The molecular weight excluding hydrogens is 308 g/mol. The number of rotatable bonds is 3. The Morgan fingerprint density at radius 2 is 2.23 bits per heavy atom. The lowest BCUT2D eigenvalue weighted by Gasteiger charge is -2.09. The predicted octanol–water partition coefficient (Wildman–Crippen LogP) is 1.61. The van der Waals surface area contributed by atoms with Crippen LogP contribution in [0.15, 0.2) is 34.5 Å². The van der Waals surface area contributed by atoms with Gasteiger partial charge in [-0.15, -0.1) is 0 Å². The van der Waals surface area contributed by atoms with Gasteiger partial charge < -0.3 is 14.6 Å². The van der Waals surface area contributed by atoms with Gasteiger partial charge in [0.2, 0.25) is 0 Å². The molecule has 0 spiro atoms. The zero-order valence-corrected chi connectivity index (χ0v) is 12.3. The average Bonchev–Trinajstić information content (AvgIpc) is 2.95. The molecule has 0 bridgehead atoms. The van der Waals surface area contributed by atoms with Gasteiger partial charge in [-0.25, -0.2) is 4.98 Å². The van der Waals surface area contributed by atoms with Crippen molar-refractivity contribution in [3.63, 3.8) is 0 Å². The third-order valence-corrected chi connectivity index (χ3v) is 3.81. The van der Waals surface area contributed by atoms with Crippen LogP contribution in [0.25, 0.3) is 16.6 Å². The monoisotopic (exact) mass is 318 g/mol. The third-order valence-electron chi connectivity index (χ3n) is 3.51. The maximum Gasteiger partial charge on any atom is 0.277 e. The van der Waals surface area contributed by atoms with Gasteiger partial charge in [-0.2, -0.15) is 0 Å². The van der Waals surface area contributed by atoms with Gasteiger partial charge in [-0.1, -0.05) is 22.8 Å². The Morgan fingerprint density at radius 1 is 1.45 bits per heavy atom. The van der Waals surface area contributed by atoms with E-state index in [9.17, 15) is 9.59 Å². The quantitative estimate of drug-likeness (QED) is 0.344. The van der Waals surface area contributed by atoms with E-state index in [-0.39, 0.29) is 28.9 Å². The smallest absolute Gasteiger partial charge is 0.277 e. The van der Waals surface area contributed by atoms with Gasteiger partial charge in [-0.05, 0) is 12.1 Å². The minimum atomic E-state index is -0.347. The van der Waals surface area contributed by atoms with Crippen LogP contribution in [0.3, 0.4) is 0 Å². The largest absolute Gasteiger partial charge is 0.411 e. The number of benzene rings is 1. The molecule has 0 radical (unpaired) electrons. The van der Waals surface area contributed by atoms with Gasteiger partial charge >= 0.3 is 0 Å². The van der Waals surface area contributed by atoms with Crippen LogP contribution < -0.4 is 5.56 Å². The first-order valence-electron chi connectivity index (χ1n) is 6.39. The molecule has 112 valence electrons. The van der Waals surface area contributed by atoms with E-state index in [1.54, 1.807) is 29.6 Å². The van der Waals surface area contributed by atoms with Crippen LogP contribution in [0.5, 0.6) is 0 Å². The molecule has 0 saturated heterocycles. The molecule has 1 aromatic carbocycles. The van der Waals surface area contributed by atoms with E-state index in [2.05, 4.69) is 10.1 Å². The number of aldehydes is 1. The van der Waals surface area contributed by atoms with E-state index in [0.29, 0.717) is 22.3 Å². The minimum Gasteiger partial charge on any atom is -0.411 e. The number of aromatic nitrogens is 3. The Hall–Kier alpha value is -2.67. The summed E-state index contributed by atoms with van der Waals surface area (Å²) in [5.41, 5.74) is 1.36. The zero-order valence-electron chi connectivity index (χ0n) is 11.5. The first-order chi connectivity index (χ1) is 10.6. The maximum absolute atomic E-state index is 12.6. The van der Waals surface area contributed by atoms with Crippen LogP contribution in [0.4, 0.5) is 0 Å². The van der Waals surface area contributed by atoms with Crippen molar-refractivity contribution in [2.45, 2.75) is 6.42 Å². The van der Waals surface area contributed by atoms with Crippen LogP contribution in [0, 0.1) is 0 Å². The molecular formula is C14H11ClN4O3. The highest BCUT2D eigenvalue weighted by Crippen LogP contribution is 2.23. The van der Waals surface area contributed by atoms with E-state index in [1.165, 1.54) is 10.9 Å². The van der Waals surface area contributed by atoms with Crippen LogP contribution >= 0.6 is 11.6 Å². The summed E-state index contributed by atoms with van der Waals surface area (Å²) in [6.07, 6.45) is 1.89. The predicted molar refractivity (Wildman–Crippen MR) is 82.0 cm³/mol. The molecule has 0 aliphatic carbocycles. The lowest BCUT2D eigenvalue weighted by atomic mass is 10.2. The molecule has 0 amide bonds. The second-order valence-corrected chi connectivity index (χ2v) is 5.11. The van der Waals surface area contributed by atoms with E-state index >= 15 is 0 Å². The van der Waals surface area contributed by atoms with Crippen LogP contribution in [-0.2, 0) is 11.8 Å². The number of hydrogen-bond donors (Lipinski definition) is 1. The number of fused-ring (bicyclic) bond motifs is 3. The Labute approximate surface area is 129 Å². The standard InChI is InChI=1S/C14H11ClN4O3/c1-18-12-8(15)3-2-4-10(12)19-7-16-11(13(19)14(18)21)9(17-22)5-6-20/h2-4,6-7,22H,5H2,1H3. The summed E-state index contributed by atoms with van der Waals surface area (Å²) in [5, 5.41) is 12.6. The van der Waals surface area contributed by atoms with Crippen molar-refractivity contribution in [2.75, 3.05) is 0 Å². The summed E-state index contributed by atoms with van der Waals surface area (Å²) in [6, 6.07) is 5.26. The second kappa shape index (κ2) is 5.27. The fourth-order valence-corrected chi connectivity index (χ4v) is 2.80. The highest BCUT2D eigenvalue weighted by molar-refractivity contribution is 6.35. The number of carbonyl (C=O) groups excluding carboxylic acids is 1. The number of halogens is 1. The van der Waals surface area contributed by atoms with Gasteiger partial charge in [0.15, 0.2) is 0 Å². The van der Waals surface area contributed by atoms with Crippen molar-refractivity contribution in [2.24, 2.45) is 12.2 Å². The van der Waals surface area contributed by atoms with E-state index in [0.717, 1.165) is 0 Å². The van der Waals surface area contributed by atoms with Crippen molar-refractivity contribution in [1.82, 2.24) is 14.0 Å². The molecule has 0 saturated carbocycles. The molecule has 0 aliphatic rings. The molecule has 1 N–H and O–H groups in total. The fraction of sp³-hybridized carbons (Fsp3) is 0.143. The molecule has 2 heterocycles. The molecule has 0 atom stereocenters. The summed E-state index contributed by atoms with van der Waals surface area (Å²) in [4.78, 5) is 27.4. The van der Waals surface area contributed by atoms with Crippen molar-refractivity contribution in [1.29, 1.82) is 0 Å². The third kappa shape index (κ3) is 1.90. The Bertz CT molecular complexity index is 987. The normalized spacial score (nSPS) is 12.2. The topological polar surface area (TPSA) is 89.0 Å². The lowest BCUT2D eigenvalue weighted by molar-refractivity contribution is -0.106. The number of imidazole rings is 1. The molecule has 0 aliphatic heterocycles. The second-order valence-electron chi connectivity index (χ2n) is 4.70. The summed E-state index contributed by atoms with van der Waals surface area (Å²) >= 11 is 6.18. The molecule has 0 unspecified atom stereocenters. The van der Waals surface area contributed by atoms with Gasteiger partial charge in [0.25, 0.3) is 5.56 Å². The summed E-state index contributed by atoms with van der Waals surface area (Å²) in [5.74, 6) is 0. The maximum atomic E-state index is 12.6. The fourth-order valence-electron chi connectivity index (χ4n) is 2.50. The number of oxime groups is 1. The molecule has 3 aromatic rings. The zero-order chi connectivity index (χ0) is 15.9. The summed E-state index contributed by atoms with van der Waals surface area (Å²) in [7, 11) is 1.60. The summed E-state index contributed by atoms with van der Waals surface area (Å²) < 4.78 is 2.99. The van der Waals surface area contributed by atoms with Gasteiger partial charge in [0.05, 0.1) is 22.5 Å². The number of nitrogens with zero attached hydrogens (tertiary/aromatic N) is 4. The van der Waals surface area contributed by atoms with Crippen LogP contribution in [-0.4, -0.2) is 31.2 Å². The first kappa shape index (κ1) is 14.3. The lowest BCUT2D eigenvalue weighted by Crippen LogP contribution is -2.22. The molecule has 7 nitrogen and oxygen atoms in total. The van der Waals surface area contributed by atoms with E-state index < -0.39 is 0 Å². The molecule has 22 heavy (non-hydrogen) atoms. The van der Waals surface area contributed by atoms with Gasteiger partial charge in [-0.3, -0.25) is 9.20 Å². The Balaban J connectivity index is 2.50. The van der Waals surface area contributed by atoms with Crippen molar-refractivity contribution < 1.29 is 10.0 Å². The van der Waals surface area contributed by atoms with Gasteiger partial charge in [0, 0.05) is 7.05 Å². The molecule has 2 aromatic heterocycles. The van der Waals surface area contributed by atoms with Crippen molar-refractivity contribution in [3.8, 4) is 0 Å². The average molecular weight is 319 g/mol. The molecule has 3 rings (SSSR count). The van der Waals surface area contributed by atoms with Gasteiger partial charge in [0.1, 0.15) is 29.5 Å². The minimum absolute atomic E-state index is 0.0379. The first-order valence-corrected chi connectivity index (χ1v) is 6.77. The van der Waals surface area contributed by atoms with Crippen molar-refractivity contribution in [3.05, 3.63) is 45.6 Å². The number of hydrogen-bond acceptors (Lipinski definition) is 5. The Morgan fingerprint density at radius 3 is 2.91 bits per heavy atom. The Kier molecular flexibility index (Phi) is 3.42. The van der Waals surface area contributed by atoms with Crippen LogP contribution in [0.1, 0.15) is 12.1 Å². The van der Waals surface area contributed by atoms with E-state index in [1.807, 2.05) is 0 Å². The number of aryl methyl sites for hydroxylation is 1. The van der Waals surface area contributed by atoms with E-state index in [4.69, 9.17) is 16.8 Å². The number of para-hydroxylation sites is 1. The SMILES string of the molecule is Cn1c(=O)c2c(C(CC=O)=NO)ncn2c2cccc(Cl)c21. The van der Waals surface area contributed by atoms with Crippen LogP contribution in [0.2, 0.25) is 5.02 Å². The highest BCUT2D eigenvalue weighted by Gasteiger charge is 2.19. The summed E-state index contributed by atoms with van der Waals surface area (Å²) in [6.45, 7) is 0. The van der Waals surface area contributed by atoms with Crippen molar-refractivity contribution >= 4 is 40.1 Å².